The number of hydrogen-bond acceptors (Lipinski definition) is 3. The standard InChI is InChI=1S/C18H17NO3/c1-22-15-10-8-14(9-11-15)19-16(17(20)18(19)21)12-7-13-5-3-2-4-6-13/h2-12,16-17,20H,1H3/b12-7+/t16-,17-/m0/s1. The van der Waals surface area contributed by atoms with Gasteiger partial charge in [0.1, 0.15) is 5.75 Å². The van der Waals surface area contributed by atoms with Gasteiger partial charge in [0.25, 0.3) is 5.91 Å². The first kappa shape index (κ1) is 14.4. The molecule has 1 aliphatic rings. The number of benzene rings is 2. The Morgan fingerprint density at radius 3 is 2.41 bits per heavy atom. The molecular weight excluding hydrogens is 278 g/mol. The van der Waals surface area contributed by atoms with Gasteiger partial charge in [0.2, 0.25) is 0 Å². The van der Waals surface area contributed by atoms with E-state index in [2.05, 4.69) is 0 Å². The molecule has 1 amide bonds. The Kier molecular flexibility index (Phi) is 3.94. The number of anilines is 1. The molecule has 112 valence electrons. The van der Waals surface area contributed by atoms with Gasteiger partial charge in [-0.15, -0.1) is 0 Å². The second-order valence-corrected chi connectivity index (χ2v) is 5.11. The number of ether oxygens (including phenoxy) is 1. The fraction of sp³-hybridized carbons (Fsp3) is 0.167. The van der Waals surface area contributed by atoms with Crippen molar-refractivity contribution in [3.05, 3.63) is 66.2 Å². The lowest BCUT2D eigenvalue weighted by atomic mass is 9.95. The fourth-order valence-corrected chi connectivity index (χ4v) is 2.50. The summed E-state index contributed by atoms with van der Waals surface area (Å²) in [6.07, 6.45) is 2.78. The molecule has 3 rings (SSSR count). The van der Waals surface area contributed by atoms with Crippen LogP contribution in [0.5, 0.6) is 5.75 Å². The number of aliphatic hydroxyl groups excluding tert-OH is 1. The molecule has 2 aromatic rings. The van der Waals surface area contributed by atoms with E-state index in [0.29, 0.717) is 0 Å². The van der Waals surface area contributed by atoms with Gasteiger partial charge in [-0.3, -0.25) is 4.79 Å². The van der Waals surface area contributed by atoms with Crippen molar-refractivity contribution in [1.29, 1.82) is 0 Å². The van der Waals surface area contributed by atoms with Gasteiger partial charge in [-0.1, -0.05) is 42.5 Å². The van der Waals surface area contributed by atoms with E-state index < -0.39 is 6.10 Å². The lowest BCUT2D eigenvalue weighted by molar-refractivity contribution is -0.135. The summed E-state index contributed by atoms with van der Waals surface area (Å²) in [5.74, 6) is 0.446. The smallest absolute Gasteiger partial charge is 0.258 e. The largest absolute Gasteiger partial charge is 0.497 e. The monoisotopic (exact) mass is 295 g/mol. The Morgan fingerprint density at radius 2 is 1.77 bits per heavy atom. The van der Waals surface area contributed by atoms with Gasteiger partial charge < -0.3 is 14.7 Å². The summed E-state index contributed by atoms with van der Waals surface area (Å²) >= 11 is 0. The highest BCUT2D eigenvalue weighted by Gasteiger charge is 2.45. The third-order valence-electron chi connectivity index (χ3n) is 3.75. The van der Waals surface area contributed by atoms with E-state index in [-0.39, 0.29) is 11.9 Å². The van der Waals surface area contributed by atoms with E-state index >= 15 is 0 Å². The molecule has 0 spiro atoms. The minimum absolute atomic E-state index is 0.284. The number of carbonyl (C=O) groups is 1. The van der Waals surface area contributed by atoms with Crippen LogP contribution in [0.4, 0.5) is 5.69 Å². The maximum absolute atomic E-state index is 11.9. The van der Waals surface area contributed by atoms with Crippen LogP contribution >= 0.6 is 0 Å². The molecule has 0 radical (unpaired) electrons. The molecule has 0 saturated carbocycles. The topological polar surface area (TPSA) is 49.8 Å². The molecule has 1 fully saturated rings. The van der Waals surface area contributed by atoms with Crippen molar-refractivity contribution in [2.45, 2.75) is 12.1 Å². The van der Waals surface area contributed by atoms with E-state index in [1.807, 2.05) is 54.6 Å². The number of aliphatic hydroxyl groups is 1. The van der Waals surface area contributed by atoms with Gasteiger partial charge in [-0.25, -0.2) is 0 Å². The highest BCUT2D eigenvalue weighted by molar-refractivity contribution is 6.05. The van der Waals surface area contributed by atoms with Crippen LogP contribution in [0.25, 0.3) is 6.08 Å². The number of nitrogens with zero attached hydrogens (tertiary/aromatic N) is 1. The molecule has 22 heavy (non-hydrogen) atoms. The zero-order valence-electron chi connectivity index (χ0n) is 12.2. The average molecular weight is 295 g/mol. The normalized spacial score (nSPS) is 21.0. The first-order valence-electron chi connectivity index (χ1n) is 7.09. The first-order chi connectivity index (χ1) is 10.7. The molecule has 1 heterocycles. The van der Waals surface area contributed by atoms with Crippen LogP contribution in [0.1, 0.15) is 5.56 Å². The lowest BCUT2D eigenvalue weighted by Crippen LogP contribution is -2.64. The van der Waals surface area contributed by atoms with Crippen molar-refractivity contribution in [1.82, 2.24) is 0 Å². The van der Waals surface area contributed by atoms with Crippen LogP contribution in [0, 0.1) is 0 Å². The summed E-state index contributed by atoms with van der Waals surface area (Å²) in [4.78, 5) is 13.5. The SMILES string of the molecule is COc1ccc(N2C(=O)[C@@H](O)[C@@H]2/C=C/c2ccccc2)cc1. The van der Waals surface area contributed by atoms with Gasteiger partial charge in [0.05, 0.1) is 13.2 Å². The Balaban J connectivity index is 1.80. The fourth-order valence-electron chi connectivity index (χ4n) is 2.50. The van der Waals surface area contributed by atoms with Gasteiger partial charge >= 0.3 is 0 Å². The predicted molar refractivity (Wildman–Crippen MR) is 85.8 cm³/mol. The summed E-state index contributed by atoms with van der Waals surface area (Å²) in [5.41, 5.74) is 1.78. The van der Waals surface area contributed by atoms with Crippen LogP contribution in [-0.4, -0.2) is 30.3 Å². The molecule has 4 nitrogen and oxygen atoms in total. The molecule has 0 aromatic heterocycles. The number of rotatable bonds is 4. The molecule has 0 unspecified atom stereocenters. The van der Waals surface area contributed by atoms with E-state index in [0.717, 1.165) is 17.0 Å². The summed E-state index contributed by atoms with van der Waals surface area (Å²) in [6.45, 7) is 0. The minimum Gasteiger partial charge on any atom is -0.497 e. The molecule has 2 atom stereocenters. The van der Waals surface area contributed by atoms with E-state index in [1.54, 1.807) is 24.1 Å². The van der Waals surface area contributed by atoms with Crippen molar-refractivity contribution in [2.24, 2.45) is 0 Å². The zero-order chi connectivity index (χ0) is 15.5. The van der Waals surface area contributed by atoms with Gasteiger partial charge in [-0.2, -0.15) is 0 Å². The van der Waals surface area contributed by atoms with Gasteiger partial charge in [-0.05, 0) is 29.8 Å². The van der Waals surface area contributed by atoms with Crippen molar-refractivity contribution in [2.75, 3.05) is 12.0 Å². The van der Waals surface area contributed by atoms with Crippen LogP contribution in [0.15, 0.2) is 60.7 Å². The maximum atomic E-state index is 11.9. The Bertz CT molecular complexity index is 679. The molecule has 2 aromatic carbocycles. The van der Waals surface area contributed by atoms with Crippen molar-refractivity contribution in [3.63, 3.8) is 0 Å². The third kappa shape index (κ3) is 2.61. The van der Waals surface area contributed by atoms with Crippen molar-refractivity contribution in [3.8, 4) is 5.75 Å². The Hall–Kier alpha value is -2.59. The average Bonchev–Trinajstić information content (AvgIpc) is 2.59. The number of carbonyl (C=O) groups excluding carboxylic acids is 1. The number of methoxy groups -OCH3 is 1. The van der Waals surface area contributed by atoms with Crippen LogP contribution < -0.4 is 9.64 Å². The molecule has 0 aliphatic carbocycles. The molecule has 1 saturated heterocycles. The molecular formula is C18H17NO3. The summed E-state index contributed by atoms with van der Waals surface area (Å²) < 4.78 is 5.11. The number of hydrogen-bond donors (Lipinski definition) is 1. The predicted octanol–water partition coefficient (Wildman–Crippen LogP) is 2.48. The highest BCUT2D eigenvalue weighted by atomic mass is 16.5. The molecule has 1 N–H and O–H groups in total. The minimum atomic E-state index is -0.984. The van der Waals surface area contributed by atoms with Crippen molar-refractivity contribution >= 4 is 17.7 Å². The third-order valence-corrected chi connectivity index (χ3v) is 3.75. The first-order valence-corrected chi connectivity index (χ1v) is 7.09. The van der Waals surface area contributed by atoms with Crippen LogP contribution in [0.2, 0.25) is 0 Å². The summed E-state index contributed by atoms with van der Waals surface area (Å²) in [7, 11) is 1.60. The second-order valence-electron chi connectivity index (χ2n) is 5.11. The quantitative estimate of drug-likeness (QED) is 0.882. The summed E-state index contributed by atoms with van der Waals surface area (Å²) in [5, 5.41) is 9.92. The number of amides is 1. The highest BCUT2D eigenvalue weighted by Crippen LogP contribution is 2.30. The lowest BCUT2D eigenvalue weighted by Gasteiger charge is -2.43. The zero-order valence-corrected chi connectivity index (χ0v) is 12.2. The van der Waals surface area contributed by atoms with Crippen LogP contribution in [0.3, 0.4) is 0 Å². The van der Waals surface area contributed by atoms with Crippen LogP contribution in [-0.2, 0) is 4.79 Å². The van der Waals surface area contributed by atoms with Crippen molar-refractivity contribution < 1.29 is 14.6 Å². The summed E-state index contributed by atoms with van der Waals surface area (Å²) in [6, 6.07) is 16.7. The Labute approximate surface area is 129 Å². The van der Waals surface area contributed by atoms with E-state index in [9.17, 15) is 9.90 Å². The van der Waals surface area contributed by atoms with E-state index in [1.165, 1.54) is 0 Å². The van der Waals surface area contributed by atoms with Gasteiger partial charge in [0, 0.05) is 5.69 Å². The van der Waals surface area contributed by atoms with Gasteiger partial charge in [0.15, 0.2) is 6.10 Å². The molecule has 4 heteroatoms. The molecule has 0 bridgehead atoms. The number of β-lactam (4-membered cyclic amide) rings is 1. The maximum Gasteiger partial charge on any atom is 0.258 e. The Morgan fingerprint density at radius 1 is 1.09 bits per heavy atom. The molecule has 1 aliphatic heterocycles. The van der Waals surface area contributed by atoms with E-state index in [4.69, 9.17) is 4.74 Å². The second kappa shape index (κ2) is 6.03.